The molecule has 5 aliphatic rings. The van der Waals surface area contributed by atoms with Crippen molar-refractivity contribution in [2.75, 3.05) is 14.7 Å². The molecule has 0 saturated carbocycles. The highest BCUT2D eigenvalue weighted by Crippen LogP contribution is 2.61. The molecule has 3 aliphatic carbocycles. The molecule has 0 fully saturated rings. The summed E-state index contributed by atoms with van der Waals surface area (Å²) in [6, 6.07) is 90.1. The first-order valence-corrected chi connectivity index (χ1v) is 23.1. The van der Waals surface area contributed by atoms with Crippen LogP contribution >= 0.6 is 0 Å². The van der Waals surface area contributed by atoms with Gasteiger partial charge in [-0.05, 0) is 140 Å². The van der Waals surface area contributed by atoms with Crippen LogP contribution in [0, 0.1) is 0 Å². The zero-order valence-corrected chi connectivity index (χ0v) is 36.2. The molecule has 10 aromatic carbocycles. The maximum absolute atomic E-state index is 2.52. The topological polar surface area (TPSA) is 9.72 Å². The lowest BCUT2D eigenvalue weighted by atomic mass is 9.33. The molecule has 0 N–H and O–H groups in total. The molecule has 2 aliphatic heterocycles. The normalized spacial score (nSPS) is 15.5. The van der Waals surface area contributed by atoms with Crippen molar-refractivity contribution in [1.82, 2.24) is 0 Å². The highest BCUT2D eigenvalue weighted by Gasteiger charge is 2.46. The fourth-order valence-electron chi connectivity index (χ4n) is 12.1. The van der Waals surface area contributed by atoms with Crippen LogP contribution in [0.3, 0.4) is 0 Å². The van der Waals surface area contributed by atoms with E-state index in [0.717, 1.165) is 22.7 Å². The molecule has 66 heavy (non-hydrogen) atoms. The Labute approximate surface area is 386 Å². The van der Waals surface area contributed by atoms with E-state index in [4.69, 9.17) is 0 Å². The van der Waals surface area contributed by atoms with Gasteiger partial charge in [0.2, 0.25) is 0 Å². The molecule has 0 saturated heterocycles. The van der Waals surface area contributed by atoms with Gasteiger partial charge >= 0.3 is 0 Å². The quantitative estimate of drug-likeness (QED) is 0.154. The molecular weight excluding hydrogens is 798 g/mol. The van der Waals surface area contributed by atoms with Gasteiger partial charge in [0.15, 0.2) is 0 Å². The average Bonchev–Trinajstić information content (AvgIpc) is 3.39. The summed E-state index contributed by atoms with van der Waals surface area (Å²) in [4.78, 5) is 7.50. The molecule has 3 nitrogen and oxygen atoms in total. The Morgan fingerprint density at radius 3 is 1.32 bits per heavy atom. The van der Waals surface area contributed by atoms with Gasteiger partial charge in [-0.3, -0.25) is 0 Å². The molecule has 0 amide bonds. The van der Waals surface area contributed by atoms with E-state index in [-0.39, 0.29) is 18.5 Å². The summed E-state index contributed by atoms with van der Waals surface area (Å²) >= 11 is 0. The van der Waals surface area contributed by atoms with Crippen LogP contribution in [0.4, 0.5) is 51.2 Å². The molecule has 4 heteroatoms. The van der Waals surface area contributed by atoms with Crippen LogP contribution in [-0.2, 0) is 0 Å². The monoisotopic (exact) mass is 839 g/mol. The number of benzene rings is 10. The van der Waals surface area contributed by atoms with Crippen LogP contribution in [0.1, 0.15) is 45.2 Å². The van der Waals surface area contributed by atoms with Crippen molar-refractivity contribution in [2.45, 2.75) is 11.8 Å². The van der Waals surface area contributed by atoms with Crippen LogP contribution in [-0.4, -0.2) is 6.71 Å². The van der Waals surface area contributed by atoms with E-state index in [1.54, 1.807) is 0 Å². The third-order valence-corrected chi connectivity index (χ3v) is 14.6. The number of anilines is 9. The number of fused-ring (bicyclic) bond motifs is 4. The predicted molar refractivity (Wildman–Crippen MR) is 275 cm³/mol. The molecule has 2 atom stereocenters. The van der Waals surface area contributed by atoms with Gasteiger partial charge in [0.1, 0.15) is 0 Å². The highest BCUT2D eigenvalue weighted by atomic mass is 15.2. The first-order chi connectivity index (χ1) is 32.8. The second-order valence-electron chi connectivity index (χ2n) is 17.9. The van der Waals surface area contributed by atoms with Crippen LogP contribution in [0.2, 0.25) is 0 Å². The number of hydrogen-bond acceptors (Lipinski definition) is 3. The summed E-state index contributed by atoms with van der Waals surface area (Å²) in [5, 5.41) is 0. The van der Waals surface area contributed by atoms with Crippen LogP contribution in [0.25, 0.3) is 11.1 Å². The van der Waals surface area contributed by atoms with Crippen molar-refractivity contribution in [3.63, 3.8) is 0 Å². The molecule has 0 radical (unpaired) electrons. The van der Waals surface area contributed by atoms with Crippen LogP contribution in [0.5, 0.6) is 0 Å². The van der Waals surface area contributed by atoms with Crippen molar-refractivity contribution in [3.05, 3.63) is 276 Å². The number of hydrogen-bond donors (Lipinski definition) is 0. The fourth-order valence-corrected chi connectivity index (χ4v) is 12.1. The Hall–Kier alpha value is -8.34. The minimum atomic E-state index is 0.0396. The standard InChI is InChI=1S/C62H42BN3/c1-5-21-42(22-6-1)64(43-23-7-2-8-24-43)55-38-20-33-50-59-47-29-13-14-30-48(47)60(61(50)55)49-32-19-31-46(58(49)59)41-39-56-62-57(40-41)66(45-27-11-4-12-28-45)54-37-18-16-35-52(54)63(62)51-34-15-17-36-53(51)65(56)44-25-9-3-10-26-44/h1-40,59-60H. The molecule has 308 valence electrons. The largest absolute Gasteiger partial charge is 0.311 e. The van der Waals surface area contributed by atoms with E-state index in [1.807, 2.05) is 0 Å². The molecular formula is C62H42BN3. The number of nitrogens with zero attached hydrogens (tertiary/aromatic N) is 3. The van der Waals surface area contributed by atoms with Gasteiger partial charge in [-0.1, -0.05) is 164 Å². The first-order valence-electron chi connectivity index (χ1n) is 23.1. The van der Waals surface area contributed by atoms with Gasteiger partial charge < -0.3 is 14.7 Å². The van der Waals surface area contributed by atoms with Crippen molar-refractivity contribution in [2.24, 2.45) is 0 Å². The maximum Gasteiger partial charge on any atom is 0.252 e. The number of rotatable bonds is 6. The lowest BCUT2D eigenvalue weighted by molar-refractivity contribution is 0.755. The van der Waals surface area contributed by atoms with E-state index in [1.165, 1.54) is 89.3 Å². The Balaban J connectivity index is 1.04. The summed E-state index contributed by atoms with van der Waals surface area (Å²) in [5.74, 6) is 0.0841. The first kappa shape index (κ1) is 37.1. The van der Waals surface area contributed by atoms with Gasteiger partial charge in [-0.2, -0.15) is 0 Å². The summed E-state index contributed by atoms with van der Waals surface area (Å²) in [7, 11) is 0. The molecule has 2 bridgehead atoms. The Bertz CT molecular complexity index is 3370. The van der Waals surface area contributed by atoms with Gasteiger partial charge in [0, 0.05) is 57.3 Å². The van der Waals surface area contributed by atoms with Gasteiger partial charge in [0.05, 0.1) is 5.69 Å². The van der Waals surface area contributed by atoms with Gasteiger partial charge in [-0.15, -0.1) is 0 Å². The summed E-state index contributed by atoms with van der Waals surface area (Å²) in [6.07, 6.45) is 0. The Morgan fingerprint density at radius 1 is 0.348 bits per heavy atom. The van der Waals surface area contributed by atoms with Gasteiger partial charge in [0.25, 0.3) is 6.71 Å². The summed E-state index contributed by atoms with van der Waals surface area (Å²) < 4.78 is 0. The van der Waals surface area contributed by atoms with E-state index in [0.29, 0.717) is 0 Å². The Kier molecular flexibility index (Phi) is 8.20. The van der Waals surface area contributed by atoms with Crippen molar-refractivity contribution >= 4 is 74.3 Å². The summed E-state index contributed by atoms with van der Waals surface area (Å²) in [5.41, 5.74) is 25.5. The second-order valence-corrected chi connectivity index (χ2v) is 17.9. The maximum atomic E-state index is 2.52. The van der Waals surface area contributed by atoms with Crippen molar-refractivity contribution in [3.8, 4) is 11.1 Å². The van der Waals surface area contributed by atoms with Crippen molar-refractivity contribution < 1.29 is 0 Å². The molecule has 0 aromatic heterocycles. The second kappa shape index (κ2) is 14.6. The number of para-hydroxylation sites is 6. The minimum Gasteiger partial charge on any atom is -0.311 e. The predicted octanol–water partition coefficient (Wildman–Crippen LogP) is 13.9. The van der Waals surface area contributed by atoms with E-state index in [2.05, 4.69) is 257 Å². The minimum absolute atomic E-state index is 0.0396. The fraction of sp³-hybridized carbons (Fsp3) is 0.0323. The molecule has 15 rings (SSSR count). The lowest BCUT2D eigenvalue weighted by Gasteiger charge is -2.46. The van der Waals surface area contributed by atoms with Crippen LogP contribution in [0.15, 0.2) is 243 Å². The zero-order chi connectivity index (χ0) is 43.3. The van der Waals surface area contributed by atoms with E-state index in [9.17, 15) is 0 Å². The zero-order valence-electron chi connectivity index (χ0n) is 36.2. The smallest absolute Gasteiger partial charge is 0.252 e. The molecule has 0 spiro atoms. The lowest BCUT2D eigenvalue weighted by Crippen LogP contribution is -2.61. The average molecular weight is 840 g/mol. The van der Waals surface area contributed by atoms with Crippen molar-refractivity contribution in [1.29, 1.82) is 0 Å². The van der Waals surface area contributed by atoms with Crippen LogP contribution < -0.4 is 31.1 Å². The molecule has 2 unspecified atom stereocenters. The van der Waals surface area contributed by atoms with Gasteiger partial charge in [-0.25, -0.2) is 0 Å². The third-order valence-electron chi connectivity index (χ3n) is 14.6. The SMILES string of the molecule is c1ccc(N(c2ccccc2)c2cccc3c2C2c4ccccc4C3c3c(-c4cc5c6c(c4)N(c4ccccc4)c4ccccc4B6c4ccccc4N5c4ccccc4)cccc32)cc1. The van der Waals surface area contributed by atoms with E-state index < -0.39 is 0 Å². The third kappa shape index (κ3) is 5.33. The molecule has 10 aromatic rings. The highest BCUT2D eigenvalue weighted by molar-refractivity contribution is 7.00. The molecule has 2 heterocycles. The Morgan fingerprint density at radius 2 is 0.773 bits per heavy atom. The van der Waals surface area contributed by atoms with E-state index >= 15 is 0 Å². The summed E-state index contributed by atoms with van der Waals surface area (Å²) in [6.45, 7) is 0.0615.